The molecular weight excluding hydrogens is 274 g/mol. The minimum Gasteiger partial charge on any atom is -0.341 e. The lowest BCUT2D eigenvalue weighted by atomic mass is 10.1. The molecule has 1 unspecified atom stereocenters. The van der Waals surface area contributed by atoms with Gasteiger partial charge in [0.15, 0.2) is 11.6 Å². The van der Waals surface area contributed by atoms with Crippen molar-refractivity contribution in [2.45, 2.75) is 18.9 Å². The molecule has 1 aromatic carbocycles. The second-order valence-corrected chi connectivity index (χ2v) is 4.54. The van der Waals surface area contributed by atoms with Crippen molar-refractivity contribution in [3.05, 3.63) is 35.4 Å². The summed E-state index contributed by atoms with van der Waals surface area (Å²) in [5.74, 6) is -1.84. The van der Waals surface area contributed by atoms with E-state index in [4.69, 9.17) is 0 Å². The minimum atomic E-state index is -0.908. The number of halogens is 3. The van der Waals surface area contributed by atoms with E-state index < -0.39 is 11.6 Å². The number of hydrogen-bond donors (Lipinski definition) is 1. The van der Waals surface area contributed by atoms with E-state index in [9.17, 15) is 13.6 Å². The molecule has 0 aliphatic carbocycles. The van der Waals surface area contributed by atoms with Gasteiger partial charge in [0, 0.05) is 19.1 Å². The molecule has 1 amide bonds. The first kappa shape index (κ1) is 15.9. The van der Waals surface area contributed by atoms with Gasteiger partial charge in [-0.25, -0.2) is 8.78 Å². The predicted molar refractivity (Wildman–Crippen MR) is 71.4 cm³/mol. The molecular formula is C13H17ClF2N2O. The monoisotopic (exact) mass is 290 g/mol. The van der Waals surface area contributed by atoms with Gasteiger partial charge >= 0.3 is 0 Å². The number of amides is 1. The third-order valence-corrected chi connectivity index (χ3v) is 3.29. The summed E-state index contributed by atoms with van der Waals surface area (Å²) in [5.41, 5.74) is 0.506. The SMILES string of the molecule is CNC1CCN(C(=O)Cc2ccc(F)c(F)c2)C1.Cl. The van der Waals surface area contributed by atoms with E-state index in [-0.39, 0.29) is 24.7 Å². The fourth-order valence-corrected chi connectivity index (χ4v) is 2.16. The summed E-state index contributed by atoms with van der Waals surface area (Å²) in [6.07, 6.45) is 1.05. The molecule has 3 nitrogen and oxygen atoms in total. The Kier molecular flexibility index (Phi) is 5.69. The van der Waals surface area contributed by atoms with Crippen molar-refractivity contribution < 1.29 is 13.6 Å². The third kappa shape index (κ3) is 3.88. The van der Waals surface area contributed by atoms with Gasteiger partial charge in [0.25, 0.3) is 0 Å². The number of carbonyl (C=O) groups is 1. The molecule has 2 rings (SSSR count). The first-order valence-electron chi connectivity index (χ1n) is 5.99. The van der Waals surface area contributed by atoms with Crippen molar-refractivity contribution in [1.82, 2.24) is 10.2 Å². The van der Waals surface area contributed by atoms with Gasteiger partial charge in [0.05, 0.1) is 6.42 Å². The van der Waals surface area contributed by atoms with Gasteiger partial charge in [-0.05, 0) is 31.2 Å². The quantitative estimate of drug-likeness (QED) is 0.920. The first-order valence-corrected chi connectivity index (χ1v) is 5.99. The van der Waals surface area contributed by atoms with Crippen LogP contribution in [0.5, 0.6) is 0 Å². The van der Waals surface area contributed by atoms with Gasteiger partial charge < -0.3 is 10.2 Å². The normalized spacial score (nSPS) is 18.3. The maximum atomic E-state index is 13.0. The molecule has 1 N–H and O–H groups in total. The molecule has 106 valence electrons. The maximum absolute atomic E-state index is 13.0. The summed E-state index contributed by atoms with van der Waals surface area (Å²) in [6.45, 7) is 1.40. The van der Waals surface area contributed by atoms with Gasteiger partial charge in [-0.2, -0.15) is 0 Å². The van der Waals surface area contributed by atoms with Crippen molar-refractivity contribution in [3.63, 3.8) is 0 Å². The van der Waals surface area contributed by atoms with Crippen LogP contribution in [0.25, 0.3) is 0 Å². The summed E-state index contributed by atoms with van der Waals surface area (Å²) in [5, 5.41) is 3.13. The molecule has 1 heterocycles. The molecule has 1 aliphatic heterocycles. The highest BCUT2D eigenvalue weighted by Crippen LogP contribution is 2.13. The summed E-state index contributed by atoms with van der Waals surface area (Å²) < 4.78 is 25.8. The number of rotatable bonds is 3. The number of likely N-dealkylation sites (N-methyl/N-ethyl adjacent to an activating group) is 1. The number of nitrogens with zero attached hydrogens (tertiary/aromatic N) is 1. The third-order valence-electron chi connectivity index (χ3n) is 3.29. The van der Waals surface area contributed by atoms with Crippen LogP contribution >= 0.6 is 12.4 Å². The predicted octanol–water partition coefficient (Wildman–Crippen LogP) is 1.75. The fraction of sp³-hybridized carbons (Fsp3) is 0.462. The van der Waals surface area contributed by atoms with Crippen LogP contribution in [-0.4, -0.2) is 37.0 Å². The van der Waals surface area contributed by atoms with E-state index in [1.807, 2.05) is 7.05 Å². The Hall–Kier alpha value is -1.20. The number of likely N-dealkylation sites (tertiary alicyclic amines) is 1. The highest BCUT2D eigenvalue weighted by Gasteiger charge is 2.24. The minimum absolute atomic E-state index is 0. The number of benzene rings is 1. The van der Waals surface area contributed by atoms with E-state index in [2.05, 4.69) is 5.32 Å². The highest BCUT2D eigenvalue weighted by molar-refractivity contribution is 5.85. The van der Waals surface area contributed by atoms with Crippen molar-refractivity contribution in [2.75, 3.05) is 20.1 Å². The van der Waals surface area contributed by atoms with Gasteiger partial charge in [-0.1, -0.05) is 6.07 Å². The van der Waals surface area contributed by atoms with Gasteiger partial charge in [0.2, 0.25) is 5.91 Å². The maximum Gasteiger partial charge on any atom is 0.227 e. The van der Waals surface area contributed by atoms with E-state index >= 15 is 0 Å². The summed E-state index contributed by atoms with van der Waals surface area (Å²) in [6, 6.07) is 3.91. The van der Waals surface area contributed by atoms with E-state index in [1.54, 1.807) is 4.90 Å². The molecule has 1 atom stereocenters. The van der Waals surface area contributed by atoms with Crippen molar-refractivity contribution in [1.29, 1.82) is 0 Å². The summed E-state index contributed by atoms with van der Waals surface area (Å²) >= 11 is 0. The largest absolute Gasteiger partial charge is 0.341 e. The second kappa shape index (κ2) is 6.82. The van der Waals surface area contributed by atoms with Crippen LogP contribution in [0, 0.1) is 11.6 Å². The molecule has 0 bridgehead atoms. The van der Waals surface area contributed by atoms with Crippen molar-refractivity contribution in [2.24, 2.45) is 0 Å². The molecule has 1 aliphatic rings. The van der Waals surface area contributed by atoms with E-state index in [0.29, 0.717) is 24.7 Å². The number of nitrogens with one attached hydrogen (secondary N) is 1. The van der Waals surface area contributed by atoms with Crippen LogP contribution in [-0.2, 0) is 11.2 Å². The Bertz CT molecular complexity index is 456. The molecule has 0 aromatic heterocycles. The summed E-state index contributed by atoms with van der Waals surface area (Å²) in [4.78, 5) is 13.7. The lowest BCUT2D eigenvalue weighted by Gasteiger charge is -2.16. The highest BCUT2D eigenvalue weighted by atomic mass is 35.5. The molecule has 1 aromatic rings. The molecule has 0 radical (unpaired) electrons. The van der Waals surface area contributed by atoms with Crippen LogP contribution in [0.2, 0.25) is 0 Å². The molecule has 1 fully saturated rings. The van der Waals surface area contributed by atoms with Crippen LogP contribution in [0.3, 0.4) is 0 Å². The molecule has 0 saturated carbocycles. The Morgan fingerprint density at radius 2 is 2.16 bits per heavy atom. The zero-order valence-corrected chi connectivity index (χ0v) is 11.5. The average molecular weight is 291 g/mol. The van der Waals surface area contributed by atoms with Gasteiger partial charge in [0.1, 0.15) is 0 Å². The Labute approximate surface area is 117 Å². The van der Waals surface area contributed by atoms with Gasteiger partial charge in [-0.3, -0.25) is 4.79 Å². The fourth-order valence-electron chi connectivity index (χ4n) is 2.16. The lowest BCUT2D eigenvalue weighted by molar-refractivity contribution is -0.129. The molecule has 19 heavy (non-hydrogen) atoms. The smallest absolute Gasteiger partial charge is 0.227 e. The number of carbonyl (C=O) groups excluding carboxylic acids is 1. The van der Waals surface area contributed by atoms with E-state index in [1.165, 1.54) is 6.07 Å². The Balaban J connectivity index is 0.00000180. The first-order chi connectivity index (χ1) is 8.60. The topological polar surface area (TPSA) is 32.3 Å². The standard InChI is InChI=1S/C13H16F2N2O.ClH/c1-16-10-4-5-17(8-10)13(18)7-9-2-3-11(14)12(15)6-9;/h2-3,6,10,16H,4-5,7-8H2,1H3;1H. The second-order valence-electron chi connectivity index (χ2n) is 4.54. The van der Waals surface area contributed by atoms with Crippen LogP contribution in [0.4, 0.5) is 8.78 Å². The van der Waals surface area contributed by atoms with Gasteiger partial charge in [-0.15, -0.1) is 12.4 Å². The molecule has 1 saturated heterocycles. The zero-order valence-electron chi connectivity index (χ0n) is 10.7. The van der Waals surface area contributed by atoms with E-state index in [0.717, 1.165) is 18.6 Å². The Morgan fingerprint density at radius 3 is 2.74 bits per heavy atom. The van der Waals surface area contributed by atoms with Crippen LogP contribution in [0.1, 0.15) is 12.0 Å². The average Bonchev–Trinajstić information content (AvgIpc) is 2.82. The van der Waals surface area contributed by atoms with Crippen molar-refractivity contribution >= 4 is 18.3 Å². The lowest BCUT2D eigenvalue weighted by Crippen LogP contribution is -2.34. The van der Waals surface area contributed by atoms with Crippen LogP contribution in [0.15, 0.2) is 18.2 Å². The van der Waals surface area contributed by atoms with Crippen LogP contribution < -0.4 is 5.32 Å². The summed E-state index contributed by atoms with van der Waals surface area (Å²) in [7, 11) is 1.87. The number of hydrogen-bond acceptors (Lipinski definition) is 2. The Morgan fingerprint density at radius 1 is 1.42 bits per heavy atom. The van der Waals surface area contributed by atoms with Crippen molar-refractivity contribution in [3.8, 4) is 0 Å². The molecule has 0 spiro atoms. The zero-order chi connectivity index (χ0) is 13.1. The molecule has 6 heteroatoms.